The molecule has 2 aromatic carbocycles. The van der Waals surface area contributed by atoms with Crippen LogP contribution in [0.25, 0.3) is 10.9 Å². The average molecular weight is 408 g/mol. The number of urea groups is 1. The molecule has 1 aliphatic heterocycles. The fraction of sp³-hybridized carbons (Fsp3) is 0.190. The molecule has 30 heavy (non-hydrogen) atoms. The first kappa shape index (κ1) is 19.3. The Kier molecular flexibility index (Phi) is 4.57. The molecule has 0 radical (unpaired) electrons. The molecule has 0 bridgehead atoms. The minimum atomic E-state index is -1.28. The van der Waals surface area contributed by atoms with Crippen LogP contribution < -0.4 is 20.2 Å². The van der Waals surface area contributed by atoms with Gasteiger partial charge in [0.2, 0.25) is 0 Å². The number of H-pyrrole nitrogens is 1. The lowest BCUT2D eigenvalue weighted by molar-refractivity contribution is -0.132. The largest absolute Gasteiger partial charge is 0.497 e. The highest BCUT2D eigenvalue weighted by molar-refractivity contribution is 6.09. The number of carbonyl (C=O) groups excluding carboxylic acids is 3. The summed E-state index contributed by atoms with van der Waals surface area (Å²) in [7, 11) is 3.04. The molecule has 4 rings (SSSR count). The number of amides is 4. The zero-order valence-electron chi connectivity index (χ0n) is 16.6. The van der Waals surface area contributed by atoms with Crippen molar-refractivity contribution >= 4 is 28.7 Å². The minimum Gasteiger partial charge on any atom is -0.497 e. The number of aromatic amines is 1. The quantitative estimate of drug-likeness (QED) is 0.561. The molecule has 1 saturated heterocycles. The van der Waals surface area contributed by atoms with E-state index < -0.39 is 23.4 Å². The molecular formula is C21H20N4O5. The van der Waals surface area contributed by atoms with E-state index in [4.69, 9.17) is 9.47 Å². The third-order valence-electron chi connectivity index (χ3n) is 5.12. The van der Waals surface area contributed by atoms with Crippen molar-refractivity contribution in [2.45, 2.75) is 12.5 Å². The minimum absolute atomic E-state index is 0.158. The van der Waals surface area contributed by atoms with Crippen molar-refractivity contribution in [3.8, 4) is 11.5 Å². The van der Waals surface area contributed by atoms with E-state index in [1.807, 2.05) is 6.07 Å². The number of nitrogens with one attached hydrogen (secondary N) is 3. The first-order valence-electron chi connectivity index (χ1n) is 9.15. The Hall–Kier alpha value is -4.01. The number of ether oxygens (including phenoxy) is 2. The van der Waals surface area contributed by atoms with Gasteiger partial charge in [0.1, 0.15) is 22.7 Å². The van der Waals surface area contributed by atoms with Crippen molar-refractivity contribution in [2.24, 2.45) is 0 Å². The maximum Gasteiger partial charge on any atom is 0.344 e. The van der Waals surface area contributed by atoms with Crippen LogP contribution in [0.15, 0.2) is 48.5 Å². The van der Waals surface area contributed by atoms with Crippen molar-refractivity contribution in [2.75, 3.05) is 14.2 Å². The van der Waals surface area contributed by atoms with Gasteiger partial charge in [-0.1, -0.05) is 30.3 Å². The Morgan fingerprint density at radius 2 is 1.80 bits per heavy atom. The third kappa shape index (κ3) is 3.00. The second-order valence-electron chi connectivity index (χ2n) is 6.98. The van der Waals surface area contributed by atoms with E-state index in [1.165, 1.54) is 14.2 Å². The maximum atomic E-state index is 12.9. The van der Waals surface area contributed by atoms with Crippen LogP contribution in [-0.4, -0.2) is 42.1 Å². The SMILES string of the molecule is COc1cc(OC)c2[nH]c(C(=O)NN3C(=O)N[C@](C)(c4ccccc4)C3=O)cc2c1. The number of benzene rings is 2. The van der Waals surface area contributed by atoms with Gasteiger partial charge in [0.15, 0.2) is 0 Å². The van der Waals surface area contributed by atoms with Crippen LogP contribution in [0.5, 0.6) is 11.5 Å². The number of fused-ring (bicyclic) bond motifs is 1. The Morgan fingerprint density at radius 1 is 1.07 bits per heavy atom. The molecule has 154 valence electrons. The highest BCUT2D eigenvalue weighted by Gasteiger charge is 2.50. The summed E-state index contributed by atoms with van der Waals surface area (Å²) >= 11 is 0. The summed E-state index contributed by atoms with van der Waals surface area (Å²) in [6, 6.07) is 13.1. The molecule has 1 aromatic heterocycles. The standard InChI is InChI=1S/C21H20N4O5/c1-21(13-7-5-4-6-8-13)19(27)25(20(28)23-21)24-18(26)15-10-12-9-14(29-2)11-16(30-3)17(12)22-15/h4-11,22H,1-3H3,(H,23,28)(H,24,26)/t21-/m1/s1. The number of hydrogen-bond acceptors (Lipinski definition) is 5. The fourth-order valence-corrected chi connectivity index (χ4v) is 3.46. The average Bonchev–Trinajstić information content (AvgIpc) is 3.29. The van der Waals surface area contributed by atoms with Crippen molar-refractivity contribution in [1.82, 2.24) is 20.7 Å². The molecule has 9 heteroatoms. The smallest absolute Gasteiger partial charge is 0.344 e. The number of imide groups is 1. The van der Waals surface area contributed by atoms with E-state index in [2.05, 4.69) is 15.7 Å². The van der Waals surface area contributed by atoms with Gasteiger partial charge in [-0.25, -0.2) is 4.79 Å². The topological polar surface area (TPSA) is 113 Å². The highest BCUT2D eigenvalue weighted by Crippen LogP contribution is 2.31. The molecule has 1 fully saturated rings. The van der Waals surface area contributed by atoms with Crippen LogP contribution in [0.4, 0.5) is 4.79 Å². The van der Waals surface area contributed by atoms with E-state index in [0.29, 0.717) is 33.0 Å². The van der Waals surface area contributed by atoms with E-state index in [1.54, 1.807) is 49.4 Å². The van der Waals surface area contributed by atoms with Crippen molar-refractivity contribution < 1.29 is 23.9 Å². The number of rotatable bonds is 5. The first-order valence-corrected chi connectivity index (χ1v) is 9.15. The molecule has 3 N–H and O–H groups in total. The van der Waals surface area contributed by atoms with Crippen molar-refractivity contribution in [3.63, 3.8) is 0 Å². The summed E-state index contributed by atoms with van der Waals surface area (Å²) in [6.07, 6.45) is 0. The lowest BCUT2D eigenvalue weighted by atomic mass is 9.92. The highest BCUT2D eigenvalue weighted by atomic mass is 16.5. The molecule has 4 amide bonds. The summed E-state index contributed by atoms with van der Waals surface area (Å²) in [5, 5.41) is 4.02. The second kappa shape index (κ2) is 7.11. The van der Waals surface area contributed by atoms with Crippen molar-refractivity contribution in [3.05, 3.63) is 59.8 Å². The van der Waals surface area contributed by atoms with Gasteiger partial charge in [-0.15, -0.1) is 0 Å². The summed E-state index contributed by atoms with van der Waals surface area (Å²) in [6.45, 7) is 1.59. The molecule has 1 aliphatic rings. The Morgan fingerprint density at radius 3 is 2.47 bits per heavy atom. The zero-order chi connectivity index (χ0) is 21.5. The van der Waals surface area contributed by atoms with Gasteiger partial charge in [-0.05, 0) is 24.6 Å². The number of carbonyl (C=O) groups is 3. The Labute approximate surface area is 171 Å². The number of hydrazine groups is 1. The summed E-state index contributed by atoms with van der Waals surface area (Å²) < 4.78 is 10.6. The lowest BCUT2D eigenvalue weighted by Crippen LogP contribution is -2.48. The Balaban J connectivity index is 1.61. The van der Waals surface area contributed by atoms with Crippen LogP contribution in [0.3, 0.4) is 0 Å². The molecular weight excluding hydrogens is 388 g/mol. The second-order valence-corrected chi connectivity index (χ2v) is 6.98. The molecule has 3 aromatic rings. The van der Waals surface area contributed by atoms with E-state index in [0.717, 1.165) is 0 Å². The normalized spacial score (nSPS) is 18.4. The molecule has 1 atom stereocenters. The van der Waals surface area contributed by atoms with Crippen LogP contribution in [0.1, 0.15) is 23.0 Å². The van der Waals surface area contributed by atoms with Crippen LogP contribution >= 0.6 is 0 Å². The summed E-state index contributed by atoms with van der Waals surface area (Å²) in [5.41, 5.74) is 2.46. The third-order valence-corrected chi connectivity index (χ3v) is 5.12. The van der Waals surface area contributed by atoms with Gasteiger partial charge in [-0.2, -0.15) is 5.01 Å². The van der Waals surface area contributed by atoms with E-state index in [9.17, 15) is 14.4 Å². The first-order chi connectivity index (χ1) is 14.4. The zero-order valence-corrected chi connectivity index (χ0v) is 16.6. The molecule has 9 nitrogen and oxygen atoms in total. The molecule has 2 heterocycles. The van der Waals surface area contributed by atoms with E-state index in [-0.39, 0.29) is 5.69 Å². The van der Waals surface area contributed by atoms with Gasteiger partial charge in [0, 0.05) is 11.5 Å². The number of nitrogens with zero attached hydrogens (tertiary/aromatic N) is 1. The predicted octanol–water partition coefficient (Wildman–Crippen LogP) is 2.30. The van der Waals surface area contributed by atoms with Crippen molar-refractivity contribution in [1.29, 1.82) is 0 Å². The Bertz CT molecular complexity index is 1160. The lowest BCUT2D eigenvalue weighted by Gasteiger charge is -2.21. The maximum absolute atomic E-state index is 12.9. The van der Waals surface area contributed by atoms with Crippen LogP contribution in [0, 0.1) is 0 Å². The van der Waals surface area contributed by atoms with Gasteiger partial charge in [-0.3, -0.25) is 15.0 Å². The van der Waals surface area contributed by atoms with Crippen LogP contribution in [0.2, 0.25) is 0 Å². The number of methoxy groups -OCH3 is 2. The molecule has 0 aliphatic carbocycles. The number of aromatic nitrogens is 1. The van der Waals surface area contributed by atoms with Gasteiger partial charge in [0.05, 0.1) is 19.7 Å². The number of hydrogen-bond donors (Lipinski definition) is 3. The predicted molar refractivity (Wildman–Crippen MR) is 108 cm³/mol. The molecule has 0 unspecified atom stereocenters. The van der Waals surface area contributed by atoms with Gasteiger partial charge in [0.25, 0.3) is 11.8 Å². The van der Waals surface area contributed by atoms with Gasteiger partial charge < -0.3 is 19.8 Å². The fourth-order valence-electron chi connectivity index (χ4n) is 3.46. The monoisotopic (exact) mass is 408 g/mol. The van der Waals surface area contributed by atoms with E-state index >= 15 is 0 Å². The van der Waals surface area contributed by atoms with Gasteiger partial charge >= 0.3 is 6.03 Å². The summed E-state index contributed by atoms with van der Waals surface area (Å²) in [5.74, 6) is -0.163. The van der Waals surface area contributed by atoms with Crippen LogP contribution in [-0.2, 0) is 10.3 Å². The molecule has 0 saturated carbocycles. The summed E-state index contributed by atoms with van der Waals surface area (Å²) in [4.78, 5) is 41.1. The molecule has 0 spiro atoms.